The summed E-state index contributed by atoms with van der Waals surface area (Å²) in [5, 5.41) is 5.45. The highest BCUT2D eigenvalue weighted by molar-refractivity contribution is 7.14. The molecule has 0 aromatic carbocycles. The predicted molar refractivity (Wildman–Crippen MR) is 60.0 cm³/mol. The molecule has 5 nitrogen and oxygen atoms in total. The average Bonchev–Trinajstić information content (AvgIpc) is 2.58. The minimum absolute atomic E-state index is 0.528. The van der Waals surface area contributed by atoms with Gasteiger partial charge in [0.1, 0.15) is 5.82 Å². The summed E-state index contributed by atoms with van der Waals surface area (Å²) < 4.78 is 5.12. The Morgan fingerprint density at radius 1 is 1.79 bits per heavy atom. The molecule has 3 N–H and O–H groups in total. The van der Waals surface area contributed by atoms with Gasteiger partial charge in [0.2, 0.25) is 0 Å². The Kier molecular flexibility index (Phi) is 4.95. The van der Waals surface area contributed by atoms with Crippen LogP contribution in [0.2, 0.25) is 0 Å². The lowest BCUT2D eigenvalue weighted by Crippen LogP contribution is -2.00. The van der Waals surface area contributed by atoms with Crippen molar-refractivity contribution in [1.29, 1.82) is 0 Å². The summed E-state index contributed by atoms with van der Waals surface area (Å²) in [4.78, 5) is 8.09. The maximum atomic E-state index is 5.44. The van der Waals surface area contributed by atoms with Crippen LogP contribution in [0.25, 0.3) is 0 Å². The average molecular weight is 214 g/mol. The van der Waals surface area contributed by atoms with Crippen molar-refractivity contribution in [2.45, 2.75) is 6.92 Å². The van der Waals surface area contributed by atoms with Crippen LogP contribution in [-0.2, 0) is 4.74 Å². The van der Waals surface area contributed by atoms with E-state index in [-0.39, 0.29) is 0 Å². The third-order valence-corrected chi connectivity index (χ3v) is 2.16. The zero-order chi connectivity index (χ0) is 10.2. The predicted octanol–water partition coefficient (Wildman–Crippen LogP) is 1.20. The summed E-state index contributed by atoms with van der Waals surface area (Å²) in [6.07, 6.45) is 1.61. The first kappa shape index (κ1) is 10.9. The Balaban J connectivity index is 2.14. The molecule has 14 heavy (non-hydrogen) atoms. The standard InChI is InChI=1S/C8H14N4OS/c1-2-13-4-3-10-6-11-8-12-7(9)5-14-8/h5-6H,2-4,9H2,1H3,(H,10,11,12). The van der Waals surface area contributed by atoms with E-state index in [0.717, 1.165) is 11.7 Å². The van der Waals surface area contributed by atoms with Crippen LogP contribution >= 0.6 is 11.3 Å². The quantitative estimate of drug-likeness (QED) is 0.424. The number of aliphatic imine (C=N–C) groups is 1. The van der Waals surface area contributed by atoms with Gasteiger partial charge in [0, 0.05) is 12.0 Å². The van der Waals surface area contributed by atoms with Crippen LogP contribution in [0.4, 0.5) is 10.9 Å². The van der Waals surface area contributed by atoms with Crippen molar-refractivity contribution in [3.05, 3.63) is 5.38 Å². The molecule has 0 saturated carbocycles. The van der Waals surface area contributed by atoms with Crippen molar-refractivity contribution in [2.75, 3.05) is 30.8 Å². The van der Waals surface area contributed by atoms with Crippen LogP contribution < -0.4 is 11.1 Å². The van der Waals surface area contributed by atoms with Crippen LogP contribution in [0.1, 0.15) is 6.92 Å². The number of rotatable bonds is 6. The maximum Gasteiger partial charge on any atom is 0.189 e. The lowest BCUT2D eigenvalue weighted by molar-refractivity contribution is 0.156. The van der Waals surface area contributed by atoms with Crippen LogP contribution in [-0.4, -0.2) is 31.1 Å². The molecule has 0 aliphatic heterocycles. The molecule has 0 fully saturated rings. The number of nitrogens with two attached hydrogens (primary N) is 1. The number of thiazole rings is 1. The van der Waals surface area contributed by atoms with Gasteiger partial charge in [-0.15, -0.1) is 11.3 Å². The first-order valence-corrected chi connectivity index (χ1v) is 5.24. The van der Waals surface area contributed by atoms with Gasteiger partial charge >= 0.3 is 0 Å². The van der Waals surface area contributed by atoms with E-state index in [2.05, 4.69) is 15.3 Å². The minimum Gasteiger partial charge on any atom is -0.383 e. The highest BCUT2D eigenvalue weighted by atomic mass is 32.1. The van der Waals surface area contributed by atoms with E-state index in [1.165, 1.54) is 11.3 Å². The van der Waals surface area contributed by atoms with E-state index >= 15 is 0 Å². The molecule has 0 saturated heterocycles. The second-order valence-electron chi connectivity index (χ2n) is 2.45. The summed E-state index contributed by atoms with van der Waals surface area (Å²) in [5.41, 5.74) is 5.44. The Labute approximate surface area is 87.0 Å². The van der Waals surface area contributed by atoms with Crippen LogP contribution in [0.5, 0.6) is 0 Å². The topological polar surface area (TPSA) is 72.5 Å². The normalized spacial score (nSPS) is 10.9. The lowest BCUT2D eigenvalue weighted by Gasteiger charge is -1.95. The van der Waals surface area contributed by atoms with Crippen molar-refractivity contribution in [2.24, 2.45) is 4.99 Å². The van der Waals surface area contributed by atoms with E-state index in [9.17, 15) is 0 Å². The molecule has 0 radical (unpaired) electrons. The van der Waals surface area contributed by atoms with E-state index in [1.807, 2.05) is 6.92 Å². The number of nitrogens with zero attached hydrogens (tertiary/aromatic N) is 2. The van der Waals surface area contributed by atoms with Crippen LogP contribution in [0, 0.1) is 0 Å². The summed E-state index contributed by atoms with van der Waals surface area (Å²) >= 11 is 1.45. The molecule has 0 atom stereocenters. The van der Waals surface area contributed by atoms with Gasteiger partial charge in [0.25, 0.3) is 0 Å². The molecule has 0 aliphatic rings. The largest absolute Gasteiger partial charge is 0.383 e. The lowest BCUT2D eigenvalue weighted by atomic mass is 10.7. The molecule has 1 rings (SSSR count). The molecule has 1 heterocycles. The SMILES string of the molecule is CCOCCN=CNc1nc(N)cs1. The Bertz CT molecular complexity index is 287. The third kappa shape index (κ3) is 4.20. The molecule has 0 aliphatic carbocycles. The number of aromatic nitrogens is 1. The van der Waals surface area contributed by atoms with Crippen molar-refractivity contribution in [3.63, 3.8) is 0 Å². The minimum atomic E-state index is 0.528. The van der Waals surface area contributed by atoms with Crippen molar-refractivity contribution >= 4 is 28.6 Å². The van der Waals surface area contributed by atoms with Crippen molar-refractivity contribution in [1.82, 2.24) is 4.98 Å². The maximum absolute atomic E-state index is 5.44. The van der Waals surface area contributed by atoms with Crippen LogP contribution in [0.3, 0.4) is 0 Å². The van der Waals surface area contributed by atoms with Gasteiger partial charge in [0.05, 0.1) is 19.5 Å². The van der Waals surface area contributed by atoms with Gasteiger partial charge in [-0.1, -0.05) is 0 Å². The number of hydrogen-bond donors (Lipinski definition) is 2. The van der Waals surface area contributed by atoms with Crippen molar-refractivity contribution in [3.8, 4) is 0 Å². The fraction of sp³-hybridized carbons (Fsp3) is 0.500. The highest BCUT2D eigenvalue weighted by Crippen LogP contribution is 2.14. The summed E-state index contributed by atoms with van der Waals surface area (Å²) in [5.74, 6) is 0.528. The first-order chi connectivity index (χ1) is 6.83. The Morgan fingerprint density at radius 2 is 2.64 bits per heavy atom. The second-order valence-corrected chi connectivity index (χ2v) is 3.31. The highest BCUT2D eigenvalue weighted by Gasteiger charge is 1.93. The van der Waals surface area contributed by atoms with Gasteiger partial charge in [-0.25, -0.2) is 4.98 Å². The molecule has 78 valence electrons. The van der Waals surface area contributed by atoms with Gasteiger partial charge < -0.3 is 15.8 Å². The smallest absolute Gasteiger partial charge is 0.189 e. The molecule has 0 unspecified atom stereocenters. The fourth-order valence-electron chi connectivity index (χ4n) is 0.779. The number of hydrogen-bond acceptors (Lipinski definition) is 5. The monoisotopic (exact) mass is 214 g/mol. The molecule has 1 aromatic rings. The Hall–Kier alpha value is -1.14. The molecular weight excluding hydrogens is 200 g/mol. The number of nitrogens with one attached hydrogen (secondary N) is 1. The van der Waals surface area contributed by atoms with Gasteiger partial charge in [-0.3, -0.25) is 4.99 Å². The van der Waals surface area contributed by atoms with Gasteiger partial charge in [-0.05, 0) is 6.92 Å². The van der Waals surface area contributed by atoms with Crippen molar-refractivity contribution < 1.29 is 4.74 Å². The Morgan fingerprint density at radius 3 is 3.29 bits per heavy atom. The summed E-state index contributed by atoms with van der Waals surface area (Å²) in [6, 6.07) is 0. The zero-order valence-electron chi connectivity index (χ0n) is 8.06. The molecule has 0 amide bonds. The fourth-order valence-corrected chi connectivity index (χ4v) is 1.34. The molecule has 0 spiro atoms. The van der Waals surface area contributed by atoms with Gasteiger partial charge in [-0.2, -0.15) is 0 Å². The van der Waals surface area contributed by atoms with E-state index in [0.29, 0.717) is 19.0 Å². The van der Waals surface area contributed by atoms with E-state index in [4.69, 9.17) is 10.5 Å². The first-order valence-electron chi connectivity index (χ1n) is 4.36. The van der Waals surface area contributed by atoms with E-state index in [1.54, 1.807) is 11.7 Å². The second kappa shape index (κ2) is 6.33. The van der Waals surface area contributed by atoms with Crippen LogP contribution in [0.15, 0.2) is 10.4 Å². The third-order valence-electron chi connectivity index (χ3n) is 1.37. The number of ether oxygens (including phenoxy) is 1. The van der Waals surface area contributed by atoms with E-state index < -0.39 is 0 Å². The molecule has 6 heteroatoms. The zero-order valence-corrected chi connectivity index (χ0v) is 8.88. The molecule has 0 bridgehead atoms. The number of nitrogen functional groups attached to an aromatic ring is 1. The number of anilines is 2. The summed E-state index contributed by atoms with van der Waals surface area (Å²) in [6.45, 7) is 3.99. The summed E-state index contributed by atoms with van der Waals surface area (Å²) in [7, 11) is 0. The molecular formula is C8H14N4OS. The molecule has 1 aromatic heterocycles. The van der Waals surface area contributed by atoms with Gasteiger partial charge in [0.15, 0.2) is 5.13 Å².